The predicted molar refractivity (Wildman–Crippen MR) is 50.9 cm³/mol. The molecular formula is C11H11NO. The molecule has 1 aromatic rings. The normalized spacial score (nSPS) is 24.3. The summed E-state index contributed by atoms with van der Waals surface area (Å²) < 4.78 is 5.66. The Bertz CT molecular complexity index is 359. The van der Waals surface area contributed by atoms with E-state index in [4.69, 9.17) is 4.74 Å². The summed E-state index contributed by atoms with van der Waals surface area (Å²) in [6.45, 7) is 1.85. The first kappa shape index (κ1) is 7.15. The zero-order valence-corrected chi connectivity index (χ0v) is 7.31. The third-order valence-electron chi connectivity index (χ3n) is 2.63. The summed E-state index contributed by atoms with van der Waals surface area (Å²) in [6, 6.07) is 8.40. The molecule has 0 bridgehead atoms. The van der Waals surface area contributed by atoms with Gasteiger partial charge in [0.25, 0.3) is 0 Å². The second-order valence-corrected chi connectivity index (χ2v) is 3.41. The molecule has 2 aliphatic heterocycles. The van der Waals surface area contributed by atoms with E-state index in [1.165, 1.54) is 11.1 Å². The second-order valence-electron chi connectivity index (χ2n) is 3.41. The molecule has 1 atom stereocenters. The summed E-state index contributed by atoms with van der Waals surface area (Å²) >= 11 is 0. The highest BCUT2D eigenvalue weighted by Crippen LogP contribution is 2.33. The minimum absolute atomic E-state index is 0.168. The molecule has 2 nitrogen and oxygen atoms in total. The van der Waals surface area contributed by atoms with Crippen molar-refractivity contribution in [1.82, 2.24) is 4.90 Å². The molecule has 1 saturated heterocycles. The Hall–Kier alpha value is -1.28. The van der Waals surface area contributed by atoms with Crippen molar-refractivity contribution in [3.05, 3.63) is 41.6 Å². The van der Waals surface area contributed by atoms with Crippen molar-refractivity contribution in [2.75, 3.05) is 13.2 Å². The maximum Gasteiger partial charge on any atom is 0.156 e. The molecule has 0 unspecified atom stereocenters. The minimum atomic E-state index is 0.168. The lowest BCUT2D eigenvalue weighted by atomic mass is 10.0. The molecule has 0 radical (unpaired) electrons. The Balaban J connectivity index is 2.13. The van der Waals surface area contributed by atoms with Gasteiger partial charge in [0.05, 0.1) is 6.61 Å². The molecule has 66 valence electrons. The van der Waals surface area contributed by atoms with Crippen LogP contribution in [0.15, 0.2) is 30.5 Å². The van der Waals surface area contributed by atoms with Gasteiger partial charge in [-0.25, -0.2) is 0 Å². The van der Waals surface area contributed by atoms with Gasteiger partial charge in [-0.15, -0.1) is 0 Å². The van der Waals surface area contributed by atoms with E-state index in [1.54, 1.807) is 0 Å². The van der Waals surface area contributed by atoms with Gasteiger partial charge in [-0.05, 0) is 11.6 Å². The molecule has 0 aromatic heterocycles. The van der Waals surface area contributed by atoms with E-state index in [1.807, 2.05) is 0 Å². The van der Waals surface area contributed by atoms with Crippen LogP contribution in [0.2, 0.25) is 0 Å². The number of hydrogen-bond donors (Lipinski definition) is 0. The molecule has 13 heavy (non-hydrogen) atoms. The van der Waals surface area contributed by atoms with E-state index in [9.17, 15) is 0 Å². The average molecular weight is 173 g/mol. The lowest BCUT2D eigenvalue weighted by Gasteiger charge is -2.26. The van der Waals surface area contributed by atoms with Gasteiger partial charge in [-0.3, -0.25) is 0 Å². The molecule has 2 aliphatic rings. The molecule has 1 aromatic carbocycles. The Kier molecular flexibility index (Phi) is 1.43. The Morgan fingerprint density at radius 2 is 2.23 bits per heavy atom. The lowest BCUT2D eigenvalue weighted by molar-refractivity contribution is 0.0532. The van der Waals surface area contributed by atoms with E-state index in [0.29, 0.717) is 0 Å². The number of nitrogens with zero attached hydrogens (tertiary/aromatic N) is 1. The van der Waals surface area contributed by atoms with E-state index < -0.39 is 0 Å². The standard InChI is InChI=1S/C11H11NO/c1-2-4-10-9(3-1)5-6-12-7-8-13-11(10)12/h1-6,11H,7-8H2/t11-/m0/s1. The van der Waals surface area contributed by atoms with Crippen LogP contribution in [0.4, 0.5) is 0 Å². The zero-order valence-electron chi connectivity index (χ0n) is 7.31. The Morgan fingerprint density at radius 3 is 3.23 bits per heavy atom. The fourth-order valence-corrected chi connectivity index (χ4v) is 1.97. The van der Waals surface area contributed by atoms with Crippen LogP contribution >= 0.6 is 0 Å². The van der Waals surface area contributed by atoms with Gasteiger partial charge in [-0.2, -0.15) is 0 Å². The second kappa shape index (κ2) is 2.60. The molecule has 2 heteroatoms. The van der Waals surface area contributed by atoms with Crippen molar-refractivity contribution < 1.29 is 4.74 Å². The van der Waals surface area contributed by atoms with Crippen LogP contribution < -0.4 is 0 Å². The number of fused-ring (bicyclic) bond motifs is 3. The van der Waals surface area contributed by atoms with Crippen molar-refractivity contribution in [2.24, 2.45) is 0 Å². The summed E-state index contributed by atoms with van der Waals surface area (Å²) in [5.41, 5.74) is 2.58. The predicted octanol–water partition coefficient (Wildman–Crippen LogP) is 2.00. The number of rotatable bonds is 0. The van der Waals surface area contributed by atoms with E-state index in [-0.39, 0.29) is 6.23 Å². The van der Waals surface area contributed by atoms with Gasteiger partial charge in [0.1, 0.15) is 0 Å². The number of hydrogen-bond acceptors (Lipinski definition) is 2. The summed E-state index contributed by atoms with van der Waals surface area (Å²) in [5, 5.41) is 0. The monoisotopic (exact) mass is 173 g/mol. The molecule has 0 aliphatic carbocycles. The van der Waals surface area contributed by atoms with Gasteiger partial charge in [-0.1, -0.05) is 24.3 Å². The van der Waals surface area contributed by atoms with Gasteiger partial charge < -0.3 is 9.64 Å². The van der Waals surface area contributed by atoms with Crippen molar-refractivity contribution >= 4 is 6.08 Å². The summed E-state index contributed by atoms with van der Waals surface area (Å²) in [6.07, 6.45) is 4.45. The average Bonchev–Trinajstić information content (AvgIpc) is 2.65. The van der Waals surface area contributed by atoms with Crippen LogP contribution in [0, 0.1) is 0 Å². The Labute approximate surface area is 77.4 Å². The van der Waals surface area contributed by atoms with Gasteiger partial charge in [0, 0.05) is 18.3 Å². The van der Waals surface area contributed by atoms with Crippen molar-refractivity contribution in [1.29, 1.82) is 0 Å². The third-order valence-corrected chi connectivity index (χ3v) is 2.63. The van der Waals surface area contributed by atoms with Crippen molar-refractivity contribution in [3.63, 3.8) is 0 Å². The summed E-state index contributed by atoms with van der Waals surface area (Å²) in [4.78, 5) is 2.24. The summed E-state index contributed by atoms with van der Waals surface area (Å²) in [5.74, 6) is 0. The zero-order chi connectivity index (χ0) is 8.67. The van der Waals surface area contributed by atoms with Crippen molar-refractivity contribution in [2.45, 2.75) is 6.23 Å². The highest BCUT2D eigenvalue weighted by molar-refractivity contribution is 5.56. The van der Waals surface area contributed by atoms with Crippen LogP contribution in [-0.4, -0.2) is 18.1 Å². The van der Waals surface area contributed by atoms with Crippen LogP contribution in [0.5, 0.6) is 0 Å². The number of ether oxygens (including phenoxy) is 1. The van der Waals surface area contributed by atoms with Crippen LogP contribution in [0.3, 0.4) is 0 Å². The van der Waals surface area contributed by atoms with Gasteiger partial charge in [0.15, 0.2) is 6.23 Å². The Morgan fingerprint density at radius 1 is 1.31 bits per heavy atom. The quantitative estimate of drug-likeness (QED) is 0.595. The topological polar surface area (TPSA) is 12.5 Å². The lowest BCUT2D eigenvalue weighted by Crippen LogP contribution is -2.20. The maximum atomic E-state index is 5.66. The van der Waals surface area contributed by atoms with E-state index in [0.717, 1.165) is 13.2 Å². The van der Waals surface area contributed by atoms with Gasteiger partial charge in [0.2, 0.25) is 0 Å². The first-order valence-corrected chi connectivity index (χ1v) is 4.60. The van der Waals surface area contributed by atoms with Crippen LogP contribution in [0.25, 0.3) is 6.08 Å². The smallest absolute Gasteiger partial charge is 0.156 e. The molecule has 0 amide bonds. The minimum Gasteiger partial charge on any atom is -0.352 e. The number of benzene rings is 1. The fraction of sp³-hybridized carbons (Fsp3) is 0.273. The molecule has 2 heterocycles. The fourth-order valence-electron chi connectivity index (χ4n) is 1.97. The molecule has 0 spiro atoms. The molecule has 3 rings (SSSR count). The molecular weight excluding hydrogens is 162 g/mol. The largest absolute Gasteiger partial charge is 0.352 e. The highest BCUT2D eigenvalue weighted by atomic mass is 16.5. The van der Waals surface area contributed by atoms with Gasteiger partial charge >= 0.3 is 0 Å². The molecule has 0 saturated carbocycles. The van der Waals surface area contributed by atoms with Crippen LogP contribution in [-0.2, 0) is 4.74 Å². The summed E-state index contributed by atoms with van der Waals surface area (Å²) in [7, 11) is 0. The molecule has 1 fully saturated rings. The first-order valence-electron chi connectivity index (χ1n) is 4.60. The SMILES string of the molecule is C1=CN2CCO[C@H]2c2ccccc21. The van der Waals surface area contributed by atoms with E-state index >= 15 is 0 Å². The van der Waals surface area contributed by atoms with E-state index in [2.05, 4.69) is 41.4 Å². The highest BCUT2D eigenvalue weighted by Gasteiger charge is 2.27. The van der Waals surface area contributed by atoms with Crippen LogP contribution in [0.1, 0.15) is 17.4 Å². The van der Waals surface area contributed by atoms with Crippen molar-refractivity contribution in [3.8, 4) is 0 Å². The third kappa shape index (κ3) is 0.988. The first-order chi connectivity index (χ1) is 6.45. The molecule has 0 N–H and O–H groups in total. The maximum absolute atomic E-state index is 5.66.